The SMILES string of the molecule is O=S1(=O)CCC(S(=O)(=O)N2CCOCC2CO)CC1. The van der Waals surface area contributed by atoms with Gasteiger partial charge in [-0.15, -0.1) is 0 Å². The van der Waals surface area contributed by atoms with Crippen LogP contribution in [0.25, 0.3) is 0 Å². The van der Waals surface area contributed by atoms with Crippen molar-refractivity contribution in [2.75, 3.05) is 37.9 Å². The molecule has 2 aliphatic heterocycles. The van der Waals surface area contributed by atoms with E-state index < -0.39 is 31.2 Å². The van der Waals surface area contributed by atoms with Gasteiger partial charge in [-0.1, -0.05) is 0 Å². The van der Waals surface area contributed by atoms with Gasteiger partial charge in [0.05, 0.1) is 42.6 Å². The van der Waals surface area contributed by atoms with Crippen LogP contribution in [0.2, 0.25) is 0 Å². The molecular formula is C10H19NO6S2. The predicted molar refractivity (Wildman–Crippen MR) is 69.0 cm³/mol. The fraction of sp³-hybridized carbons (Fsp3) is 1.00. The average Bonchev–Trinajstić information content (AvgIpc) is 2.38. The van der Waals surface area contributed by atoms with Crippen LogP contribution in [-0.4, -0.2) is 75.4 Å². The van der Waals surface area contributed by atoms with Crippen LogP contribution in [0.15, 0.2) is 0 Å². The highest BCUT2D eigenvalue weighted by Crippen LogP contribution is 2.25. The van der Waals surface area contributed by atoms with E-state index in [0.29, 0.717) is 6.61 Å². The molecule has 2 rings (SSSR count). The summed E-state index contributed by atoms with van der Waals surface area (Å²) >= 11 is 0. The first kappa shape index (κ1) is 15.2. The highest BCUT2D eigenvalue weighted by molar-refractivity contribution is 7.92. The summed E-state index contributed by atoms with van der Waals surface area (Å²) < 4.78 is 54.1. The third-order valence-corrected chi connectivity index (χ3v) is 7.80. The second kappa shape index (κ2) is 5.65. The number of sulfone groups is 1. The van der Waals surface area contributed by atoms with Gasteiger partial charge in [-0.25, -0.2) is 16.8 Å². The van der Waals surface area contributed by atoms with Gasteiger partial charge in [-0.05, 0) is 12.8 Å². The van der Waals surface area contributed by atoms with Gasteiger partial charge in [0.2, 0.25) is 10.0 Å². The number of sulfonamides is 1. The molecule has 2 saturated heterocycles. The smallest absolute Gasteiger partial charge is 0.217 e. The quantitative estimate of drug-likeness (QED) is 0.687. The van der Waals surface area contributed by atoms with E-state index in [1.54, 1.807) is 0 Å². The Morgan fingerprint density at radius 3 is 2.47 bits per heavy atom. The number of rotatable bonds is 3. The Morgan fingerprint density at radius 2 is 1.89 bits per heavy atom. The minimum Gasteiger partial charge on any atom is -0.395 e. The van der Waals surface area contributed by atoms with E-state index in [2.05, 4.69) is 0 Å². The summed E-state index contributed by atoms with van der Waals surface area (Å²) in [6.07, 6.45) is 0.278. The summed E-state index contributed by atoms with van der Waals surface area (Å²) in [5.74, 6) is -0.157. The Labute approximate surface area is 113 Å². The van der Waals surface area contributed by atoms with Crippen molar-refractivity contribution in [2.24, 2.45) is 0 Å². The van der Waals surface area contributed by atoms with Gasteiger partial charge in [0, 0.05) is 6.54 Å². The molecule has 2 heterocycles. The molecule has 0 saturated carbocycles. The van der Waals surface area contributed by atoms with Crippen molar-refractivity contribution in [2.45, 2.75) is 24.1 Å². The van der Waals surface area contributed by atoms with E-state index in [1.807, 2.05) is 0 Å². The van der Waals surface area contributed by atoms with Crippen LogP contribution in [0.1, 0.15) is 12.8 Å². The van der Waals surface area contributed by atoms with E-state index >= 15 is 0 Å². The van der Waals surface area contributed by atoms with Crippen LogP contribution in [0, 0.1) is 0 Å². The maximum Gasteiger partial charge on any atom is 0.217 e. The lowest BCUT2D eigenvalue weighted by Crippen LogP contribution is -2.54. The van der Waals surface area contributed by atoms with Crippen LogP contribution in [0.3, 0.4) is 0 Å². The number of aliphatic hydroxyl groups excluding tert-OH is 1. The van der Waals surface area contributed by atoms with Gasteiger partial charge in [0.15, 0.2) is 0 Å². The van der Waals surface area contributed by atoms with Crippen molar-refractivity contribution in [1.29, 1.82) is 0 Å². The van der Waals surface area contributed by atoms with Crippen molar-refractivity contribution < 1.29 is 26.7 Å². The summed E-state index contributed by atoms with van der Waals surface area (Å²) in [4.78, 5) is 0. The fourth-order valence-corrected chi connectivity index (χ4v) is 6.35. The van der Waals surface area contributed by atoms with Crippen molar-refractivity contribution in [3.05, 3.63) is 0 Å². The second-order valence-corrected chi connectivity index (χ2v) is 9.39. The van der Waals surface area contributed by atoms with Crippen LogP contribution in [-0.2, 0) is 24.6 Å². The summed E-state index contributed by atoms with van der Waals surface area (Å²) in [6.45, 7) is 0.419. The minimum absolute atomic E-state index is 0.0783. The van der Waals surface area contributed by atoms with Crippen LogP contribution < -0.4 is 0 Å². The van der Waals surface area contributed by atoms with E-state index in [4.69, 9.17) is 4.74 Å². The molecule has 2 fully saturated rings. The lowest BCUT2D eigenvalue weighted by Gasteiger charge is -2.36. The van der Waals surface area contributed by atoms with Crippen LogP contribution in [0.5, 0.6) is 0 Å². The zero-order valence-electron chi connectivity index (χ0n) is 10.6. The summed E-state index contributed by atoms with van der Waals surface area (Å²) in [5, 5.41) is 8.56. The topological polar surface area (TPSA) is 101 Å². The first-order valence-corrected chi connectivity index (χ1v) is 9.59. The number of ether oxygens (including phenoxy) is 1. The van der Waals surface area contributed by atoms with E-state index in [0.717, 1.165) is 0 Å². The monoisotopic (exact) mass is 313 g/mol. The summed E-state index contributed by atoms with van der Waals surface area (Å²) in [6, 6.07) is -0.558. The number of morpholine rings is 1. The first-order chi connectivity index (χ1) is 8.87. The zero-order valence-corrected chi connectivity index (χ0v) is 12.2. The molecule has 2 aliphatic rings. The molecule has 1 N–H and O–H groups in total. The Kier molecular flexibility index (Phi) is 4.51. The molecule has 9 heteroatoms. The third-order valence-electron chi connectivity index (χ3n) is 3.63. The molecule has 0 bridgehead atoms. The van der Waals surface area contributed by atoms with Crippen molar-refractivity contribution in [3.63, 3.8) is 0 Å². The summed E-state index contributed by atoms with van der Waals surface area (Å²) in [7, 11) is -6.65. The Balaban J connectivity index is 2.13. The molecule has 19 heavy (non-hydrogen) atoms. The maximum absolute atomic E-state index is 12.5. The molecule has 112 valence electrons. The van der Waals surface area contributed by atoms with Gasteiger partial charge in [0.25, 0.3) is 0 Å². The second-order valence-electron chi connectivity index (χ2n) is 4.92. The highest BCUT2D eigenvalue weighted by Gasteiger charge is 2.40. The Morgan fingerprint density at radius 1 is 1.26 bits per heavy atom. The largest absolute Gasteiger partial charge is 0.395 e. The highest BCUT2D eigenvalue weighted by atomic mass is 32.2. The molecule has 0 radical (unpaired) electrons. The normalized spacial score (nSPS) is 30.3. The maximum atomic E-state index is 12.5. The Hall–Kier alpha value is -0.220. The lowest BCUT2D eigenvalue weighted by molar-refractivity contribution is 0.0104. The van der Waals surface area contributed by atoms with Crippen molar-refractivity contribution >= 4 is 19.9 Å². The number of hydrogen-bond acceptors (Lipinski definition) is 6. The van der Waals surface area contributed by atoms with Gasteiger partial charge < -0.3 is 9.84 Å². The molecule has 0 aromatic carbocycles. The van der Waals surface area contributed by atoms with E-state index in [-0.39, 0.29) is 44.1 Å². The Bertz CT molecular complexity index is 500. The molecule has 0 amide bonds. The molecule has 0 aliphatic carbocycles. The van der Waals surface area contributed by atoms with E-state index in [1.165, 1.54) is 4.31 Å². The fourth-order valence-electron chi connectivity index (χ4n) is 2.48. The molecule has 7 nitrogen and oxygen atoms in total. The molecule has 0 spiro atoms. The first-order valence-electron chi connectivity index (χ1n) is 6.26. The number of nitrogens with zero attached hydrogens (tertiary/aromatic N) is 1. The van der Waals surface area contributed by atoms with Crippen molar-refractivity contribution in [3.8, 4) is 0 Å². The average molecular weight is 313 g/mol. The van der Waals surface area contributed by atoms with Crippen LogP contribution in [0.4, 0.5) is 0 Å². The minimum atomic E-state index is -3.57. The number of aliphatic hydroxyl groups is 1. The molecule has 1 atom stereocenters. The van der Waals surface area contributed by atoms with Gasteiger partial charge in [-0.2, -0.15) is 4.31 Å². The molecule has 0 aromatic rings. The molecular weight excluding hydrogens is 294 g/mol. The van der Waals surface area contributed by atoms with Gasteiger partial charge in [-0.3, -0.25) is 0 Å². The molecule has 1 unspecified atom stereocenters. The van der Waals surface area contributed by atoms with Gasteiger partial charge >= 0.3 is 0 Å². The van der Waals surface area contributed by atoms with Gasteiger partial charge in [0.1, 0.15) is 9.84 Å². The zero-order chi connectivity index (χ0) is 14.1. The lowest BCUT2D eigenvalue weighted by atomic mass is 10.2. The molecule has 0 aromatic heterocycles. The van der Waals surface area contributed by atoms with Crippen LogP contribution >= 0.6 is 0 Å². The van der Waals surface area contributed by atoms with Crippen molar-refractivity contribution in [1.82, 2.24) is 4.31 Å². The van der Waals surface area contributed by atoms with E-state index in [9.17, 15) is 21.9 Å². The number of hydrogen-bond donors (Lipinski definition) is 1. The predicted octanol–water partition coefficient (Wildman–Crippen LogP) is -1.41. The summed E-state index contributed by atoms with van der Waals surface area (Å²) in [5.41, 5.74) is 0. The standard InChI is InChI=1S/C10H19NO6S2/c12-7-9-8-17-4-3-11(9)19(15,16)10-1-5-18(13,14)6-2-10/h9-10,12H,1-8H2. The third kappa shape index (κ3) is 3.27.